The van der Waals surface area contributed by atoms with Gasteiger partial charge in [0.05, 0.1) is 34.1 Å². The van der Waals surface area contributed by atoms with Crippen molar-refractivity contribution in [3.05, 3.63) is 76.9 Å². The van der Waals surface area contributed by atoms with Crippen LogP contribution in [0.2, 0.25) is 0 Å². The van der Waals surface area contributed by atoms with E-state index in [1.807, 2.05) is 67.3 Å². The van der Waals surface area contributed by atoms with E-state index in [4.69, 9.17) is 0 Å². The Balaban J connectivity index is 0.756. The minimum atomic E-state index is -2.86. The highest BCUT2D eigenvalue weighted by atomic mass is 32.1. The number of rotatable bonds is 21. The summed E-state index contributed by atoms with van der Waals surface area (Å²) in [6.07, 6.45) is 8.87. The van der Waals surface area contributed by atoms with Crippen LogP contribution in [0, 0.1) is 12.3 Å². The van der Waals surface area contributed by atoms with Crippen LogP contribution in [0.4, 0.5) is 20.3 Å². The lowest BCUT2D eigenvalue weighted by atomic mass is 9.85. The highest BCUT2D eigenvalue weighted by Gasteiger charge is 2.44. The third-order valence-corrected chi connectivity index (χ3v) is 14.1. The first-order chi connectivity index (χ1) is 34.0. The van der Waals surface area contributed by atoms with Crippen molar-refractivity contribution in [2.45, 2.75) is 129 Å². The average molecular weight is 1000 g/mol. The molecule has 1 aromatic carbocycles. The molecule has 0 bridgehead atoms. The zero-order chi connectivity index (χ0) is 50.8. The second-order valence-electron chi connectivity index (χ2n) is 19.6. The number of nitrogens with zero attached hydrogens (tertiary/aromatic N) is 9. The number of anilines is 2. The van der Waals surface area contributed by atoms with Crippen LogP contribution in [0.5, 0.6) is 0 Å². The van der Waals surface area contributed by atoms with Crippen LogP contribution in [0.25, 0.3) is 16.1 Å². The Hall–Kier alpha value is -6.35. The minimum absolute atomic E-state index is 0.0159. The van der Waals surface area contributed by atoms with Gasteiger partial charge in [0.2, 0.25) is 23.6 Å². The number of β-amino-alcohol motifs (C(OH)–C–C–N with tert-alkyl or cyclic N) is 1. The van der Waals surface area contributed by atoms with Crippen molar-refractivity contribution in [1.82, 2.24) is 49.8 Å². The van der Waals surface area contributed by atoms with Crippen molar-refractivity contribution in [3.8, 4) is 10.4 Å². The molecule has 5 amide bonds. The monoisotopic (exact) mass is 1000 g/mol. The van der Waals surface area contributed by atoms with Gasteiger partial charge >= 0.3 is 0 Å². The Morgan fingerprint density at radius 3 is 2.24 bits per heavy atom. The summed E-state index contributed by atoms with van der Waals surface area (Å²) in [5.74, 6) is -0.840. The van der Waals surface area contributed by atoms with Crippen LogP contribution in [-0.2, 0) is 32.8 Å². The molecule has 3 atom stereocenters. The summed E-state index contributed by atoms with van der Waals surface area (Å²) in [6, 6.07) is 7.96. The molecule has 0 spiro atoms. The largest absolute Gasteiger partial charge is 0.391 e. The van der Waals surface area contributed by atoms with Gasteiger partial charge in [-0.3, -0.25) is 28.7 Å². The van der Waals surface area contributed by atoms with Gasteiger partial charge in [-0.15, -0.1) is 11.3 Å². The molecule has 382 valence electrons. The van der Waals surface area contributed by atoms with E-state index in [9.17, 15) is 37.9 Å². The molecule has 71 heavy (non-hydrogen) atoms. The Labute approximate surface area is 416 Å². The van der Waals surface area contributed by atoms with Crippen LogP contribution >= 0.6 is 11.3 Å². The Morgan fingerprint density at radius 2 is 1.59 bits per heavy atom. The van der Waals surface area contributed by atoms with Crippen molar-refractivity contribution in [2.24, 2.45) is 12.5 Å². The molecule has 2 aliphatic heterocycles. The van der Waals surface area contributed by atoms with Crippen LogP contribution in [0.15, 0.2) is 54.4 Å². The maximum Gasteiger partial charge on any atom is 0.284 e. The zero-order valence-electron chi connectivity index (χ0n) is 41.2. The van der Waals surface area contributed by atoms with Crippen LogP contribution in [-0.4, -0.2) is 125 Å². The molecule has 2 aliphatic rings. The number of aryl methyl sites for hydroxylation is 2. The number of aromatic nitrogens is 6. The predicted octanol–water partition coefficient (Wildman–Crippen LogP) is 6.44. The molecule has 0 unspecified atom stereocenters. The van der Waals surface area contributed by atoms with Gasteiger partial charge in [0.25, 0.3) is 12.3 Å². The number of halogens is 2. The third-order valence-electron chi connectivity index (χ3n) is 13.1. The predicted molar refractivity (Wildman–Crippen MR) is 266 cm³/mol. The van der Waals surface area contributed by atoms with E-state index in [-0.39, 0.29) is 66.5 Å². The average Bonchev–Trinajstić information content (AvgIpc) is 4.16. The lowest BCUT2D eigenvalue weighted by Gasteiger charge is -2.35. The second-order valence-corrected chi connectivity index (χ2v) is 20.5. The van der Waals surface area contributed by atoms with Gasteiger partial charge in [-0.05, 0) is 42.4 Å². The van der Waals surface area contributed by atoms with Crippen LogP contribution in [0.1, 0.15) is 125 Å². The quantitative estimate of drug-likeness (QED) is 0.0588. The number of alkyl halides is 2. The van der Waals surface area contributed by atoms with Gasteiger partial charge in [-0.1, -0.05) is 83.6 Å². The number of piperazine rings is 1. The number of hydrogen-bond donors (Lipinski definition) is 4. The fraction of sp³-hybridized carbons (Fsp3) is 0.540. The van der Waals surface area contributed by atoms with E-state index >= 15 is 0 Å². The normalized spacial score (nSPS) is 16.7. The molecule has 0 saturated carbocycles. The second kappa shape index (κ2) is 23.7. The number of likely N-dealkylation sites (tertiary alicyclic amines) is 1. The van der Waals surface area contributed by atoms with Gasteiger partial charge in [0.1, 0.15) is 23.5 Å². The first kappa shape index (κ1) is 52.5. The van der Waals surface area contributed by atoms with Crippen molar-refractivity contribution in [1.29, 1.82) is 0 Å². The molecule has 0 aliphatic carbocycles. The number of amides is 5. The minimum Gasteiger partial charge on any atom is -0.391 e. The number of thiazole rings is 1. The molecule has 6 heterocycles. The van der Waals surface area contributed by atoms with Gasteiger partial charge in [0, 0.05) is 78.0 Å². The Kier molecular flexibility index (Phi) is 17.5. The standard InChI is InChI=1S/C50H66F2N12O6S/c1-32-43(71-31-54-32)34-18-16-33(17-19-34)27-53-48(69)38-26-35(65)29-63(38)49(70)44(50(2,3)4)58-40(66)14-12-10-8-6-7-9-11-13-15-41(67)62-24-22-61(23-25-62)39-20-21-64-46(57-39)36(28-55-64)47(68)56-37-30-60(5)59-42(37)45(51)52/h16-21,28,30-31,35,38,44-45,65H,6-15,22-27,29H2,1-5H3,(H,53,69)(H,56,68)(H,58,66)/t35-,38+,44-/m1/s1. The highest BCUT2D eigenvalue weighted by molar-refractivity contribution is 7.13. The van der Waals surface area contributed by atoms with E-state index in [2.05, 4.69) is 36.1 Å². The maximum absolute atomic E-state index is 14.0. The zero-order valence-corrected chi connectivity index (χ0v) is 42.0. The van der Waals surface area contributed by atoms with Crippen molar-refractivity contribution < 1.29 is 37.9 Å². The highest BCUT2D eigenvalue weighted by Crippen LogP contribution is 2.30. The van der Waals surface area contributed by atoms with Gasteiger partial charge < -0.3 is 35.8 Å². The van der Waals surface area contributed by atoms with E-state index in [1.165, 1.54) is 33.5 Å². The van der Waals surface area contributed by atoms with Crippen molar-refractivity contribution >= 4 is 58.0 Å². The number of fused-ring (bicyclic) bond motifs is 1. The number of hydrogen-bond acceptors (Lipinski definition) is 12. The molecule has 21 heteroatoms. The molecule has 5 aromatic rings. The number of unbranched alkanes of at least 4 members (excludes halogenated alkanes) is 7. The molecular weight excluding hydrogens is 935 g/mol. The van der Waals surface area contributed by atoms with Gasteiger partial charge in [0.15, 0.2) is 11.3 Å². The summed E-state index contributed by atoms with van der Waals surface area (Å²) in [6.45, 7) is 10.1. The maximum atomic E-state index is 14.0. The summed E-state index contributed by atoms with van der Waals surface area (Å²) < 4.78 is 29.5. The molecular formula is C50H66F2N12O6S. The summed E-state index contributed by atoms with van der Waals surface area (Å²) >= 11 is 1.57. The van der Waals surface area contributed by atoms with E-state index in [1.54, 1.807) is 23.6 Å². The topological polar surface area (TPSA) is 212 Å². The number of benzene rings is 1. The van der Waals surface area contributed by atoms with Crippen LogP contribution in [0.3, 0.4) is 0 Å². The summed E-state index contributed by atoms with van der Waals surface area (Å²) in [5.41, 5.74) is 3.90. The number of aliphatic hydroxyl groups is 1. The van der Waals surface area contributed by atoms with Gasteiger partial charge in [-0.2, -0.15) is 10.2 Å². The summed E-state index contributed by atoms with van der Waals surface area (Å²) in [5, 5.41) is 26.9. The molecule has 7 rings (SSSR count). The molecule has 2 saturated heterocycles. The third kappa shape index (κ3) is 13.5. The van der Waals surface area contributed by atoms with Crippen molar-refractivity contribution in [3.63, 3.8) is 0 Å². The molecule has 18 nitrogen and oxygen atoms in total. The summed E-state index contributed by atoms with van der Waals surface area (Å²) in [7, 11) is 1.49. The number of carbonyl (C=O) groups excluding carboxylic acids is 5. The fourth-order valence-electron chi connectivity index (χ4n) is 9.13. The molecule has 4 aromatic heterocycles. The van der Waals surface area contributed by atoms with Crippen LogP contribution < -0.4 is 20.9 Å². The number of carbonyl (C=O) groups is 5. The van der Waals surface area contributed by atoms with E-state index < -0.39 is 41.6 Å². The first-order valence-electron chi connectivity index (χ1n) is 24.5. The number of nitrogens with one attached hydrogen (secondary N) is 3. The Morgan fingerprint density at radius 1 is 0.915 bits per heavy atom. The smallest absolute Gasteiger partial charge is 0.284 e. The van der Waals surface area contributed by atoms with E-state index in [0.29, 0.717) is 44.8 Å². The van der Waals surface area contributed by atoms with Crippen molar-refractivity contribution in [2.75, 3.05) is 42.9 Å². The fourth-order valence-corrected chi connectivity index (χ4v) is 9.94. The SMILES string of the molecule is Cc1ncsc1-c1ccc(CNC(=O)[C@@H]2C[C@@H](O)CN2C(=O)[C@@H](NC(=O)CCCCCCCCCCC(=O)N2CCN(c3ccn4ncc(C(=O)Nc5cn(C)nc5C(F)F)c4n3)CC2)C(C)(C)C)cc1. The lowest BCUT2D eigenvalue weighted by molar-refractivity contribution is -0.144. The summed E-state index contributed by atoms with van der Waals surface area (Å²) in [4.78, 5) is 82.2. The molecule has 0 radical (unpaired) electrons. The van der Waals surface area contributed by atoms with Gasteiger partial charge in [-0.25, -0.2) is 23.3 Å². The molecule has 2 fully saturated rings. The number of aliphatic hydroxyl groups excluding tert-OH is 1. The lowest BCUT2D eigenvalue weighted by Crippen LogP contribution is -2.57. The molecule has 4 N–H and O–H groups in total. The first-order valence-corrected chi connectivity index (χ1v) is 25.4. The van der Waals surface area contributed by atoms with E-state index in [0.717, 1.165) is 66.6 Å². The Bertz CT molecular complexity index is 2640.